The lowest BCUT2D eigenvalue weighted by Crippen LogP contribution is -2.60. The van der Waals surface area contributed by atoms with Crippen LogP contribution >= 0.6 is 0 Å². The second-order valence-electron chi connectivity index (χ2n) is 11.7. The number of anilines is 2. The van der Waals surface area contributed by atoms with Gasteiger partial charge < -0.3 is 19.9 Å². The fourth-order valence-corrected chi connectivity index (χ4v) is 5.76. The molecule has 2 atom stereocenters. The Balaban J connectivity index is 1.55. The van der Waals surface area contributed by atoms with Gasteiger partial charge in [0.05, 0.1) is 12.1 Å². The molecule has 1 saturated heterocycles. The second-order valence-corrected chi connectivity index (χ2v) is 11.7. The highest BCUT2D eigenvalue weighted by atomic mass is 19.1. The maximum atomic E-state index is 14.2. The number of alkyl carbamates (subject to hydrolysis) is 1. The maximum absolute atomic E-state index is 14.2. The van der Waals surface area contributed by atoms with Gasteiger partial charge in [0.25, 0.3) is 5.56 Å². The number of piperidine rings is 1. The first-order valence-corrected chi connectivity index (χ1v) is 13.9. The lowest BCUT2D eigenvalue weighted by Gasteiger charge is -2.42. The van der Waals surface area contributed by atoms with E-state index in [-0.39, 0.29) is 18.4 Å². The first-order valence-electron chi connectivity index (χ1n) is 13.9. The molecule has 4 heterocycles. The largest absolute Gasteiger partial charge is 0.444 e. The van der Waals surface area contributed by atoms with Crippen LogP contribution in [0.5, 0.6) is 0 Å². The number of aromatic nitrogens is 3. The monoisotopic (exact) mass is 577 g/mol. The summed E-state index contributed by atoms with van der Waals surface area (Å²) in [6, 6.07) is 7.33. The van der Waals surface area contributed by atoms with Crippen LogP contribution in [0, 0.1) is 17.7 Å². The number of rotatable bonds is 4. The molecule has 3 aromatic rings. The SMILES string of the molecule is CC#CCN1c2c(n(C)c(=O)n(-c3ccc4ccc(F)cc4n3)c2=O)N(C)C1N1CCC[C@@H](NC(=O)OC(C)(C)C)C1. The maximum Gasteiger partial charge on any atom is 0.407 e. The molecule has 1 N–H and O–H groups in total. The number of hydrogen-bond donors (Lipinski definition) is 1. The van der Waals surface area contributed by atoms with Crippen LogP contribution in [0.1, 0.15) is 40.5 Å². The summed E-state index contributed by atoms with van der Waals surface area (Å²) in [5.74, 6) is 6.09. The number of carbonyl (C=O) groups is 1. The molecule has 2 aliphatic heterocycles. The number of fused-ring (bicyclic) bond motifs is 2. The fourth-order valence-electron chi connectivity index (χ4n) is 5.76. The Bertz CT molecular complexity index is 1720. The predicted molar refractivity (Wildman–Crippen MR) is 159 cm³/mol. The summed E-state index contributed by atoms with van der Waals surface area (Å²) in [6.45, 7) is 8.65. The van der Waals surface area contributed by atoms with Crippen molar-refractivity contribution in [1.29, 1.82) is 0 Å². The van der Waals surface area contributed by atoms with Gasteiger partial charge in [-0.15, -0.1) is 5.92 Å². The van der Waals surface area contributed by atoms with Crippen molar-refractivity contribution in [1.82, 2.24) is 24.3 Å². The first-order chi connectivity index (χ1) is 19.9. The molecular weight excluding hydrogens is 541 g/mol. The van der Waals surface area contributed by atoms with Crippen LogP contribution in [0.25, 0.3) is 16.7 Å². The Morgan fingerprint density at radius 1 is 1.19 bits per heavy atom. The highest BCUT2D eigenvalue weighted by Gasteiger charge is 2.43. The van der Waals surface area contributed by atoms with E-state index in [2.05, 4.69) is 27.0 Å². The molecule has 42 heavy (non-hydrogen) atoms. The number of ether oxygens (including phenoxy) is 1. The molecule has 2 aliphatic rings. The molecule has 222 valence electrons. The van der Waals surface area contributed by atoms with Crippen molar-refractivity contribution in [3.8, 4) is 17.7 Å². The Hall–Kier alpha value is -4.37. The number of likely N-dealkylation sites (tertiary alicyclic amines) is 1. The molecule has 0 saturated carbocycles. The molecular formula is C30H36FN7O4. The summed E-state index contributed by atoms with van der Waals surface area (Å²) in [5, 5.41) is 3.67. The smallest absolute Gasteiger partial charge is 0.407 e. The second kappa shape index (κ2) is 11.1. The fraction of sp³-hybridized carbons (Fsp3) is 0.467. The average Bonchev–Trinajstić information content (AvgIpc) is 3.21. The molecule has 5 rings (SSSR count). The summed E-state index contributed by atoms with van der Waals surface area (Å²) in [5.41, 5.74) is -1.07. The minimum Gasteiger partial charge on any atom is -0.444 e. The van der Waals surface area contributed by atoms with Gasteiger partial charge >= 0.3 is 11.8 Å². The number of hydrogen-bond acceptors (Lipinski definition) is 8. The van der Waals surface area contributed by atoms with Crippen LogP contribution in [0.2, 0.25) is 0 Å². The lowest BCUT2D eigenvalue weighted by atomic mass is 10.1. The molecule has 1 unspecified atom stereocenters. The molecule has 11 nitrogen and oxygen atoms in total. The van der Waals surface area contributed by atoms with E-state index in [0.29, 0.717) is 35.5 Å². The Kier molecular flexibility index (Phi) is 7.72. The van der Waals surface area contributed by atoms with Crippen LogP contribution in [-0.4, -0.2) is 69.7 Å². The molecule has 12 heteroatoms. The van der Waals surface area contributed by atoms with E-state index in [1.54, 1.807) is 32.2 Å². The van der Waals surface area contributed by atoms with E-state index in [1.807, 2.05) is 37.6 Å². The van der Waals surface area contributed by atoms with E-state index in [1.165, 1.54) is 16.7 Å². The van der Waals surface area contributed by atoms with Gasteiger partial charge in [0.2, 0.25) is 0 Å². The van der Waals surface area contributed by atoms with E-state index >= 15 is 0 Å². The average molecular weight is 578 g/mol. The van der Waals surface area contributed by atoms with Gasteiger partial charge in [0, 0.05) is 44.7 Å². The van der Waals surface area contributed by atoms with Crippen molar-refractivity contribution in [2.75, 3.05) is 36.5 Å². The molecule has 1 amide bonds. The highest BCUT2D eigenvalue weighted by Crippen LogP contribution is 2.37. The standard InChI is InChI=1S/C30H36FN7O4/c1-7-8-16-37-24-25(34(5)28(37)36-15-9-10-21(18-36)32-27(40)42-30(2,3)4)35(6)29(41)38(26(24)39)23-14-12-19-11-13-20(31)17-22(19)33-23/h11-14,17,21,28H,9-10,15-16,18H2,1-6H3,(H,32,40)/t21-,28?/m1/s1. The van der Waals surface area contributed by atoms with E-state index in [4.69, 9.17) is 4.74 Å². The van der Waals surface area contributed by atoms with Crippen LogP contribution < -0.4 is 26.4 Å². The highest BCUT2D eigenvalue weighted by molar-refractivity contribution is 5.80. The van der Waals surface area contributed by atoms with Gasteiger partial charge in [-0.05, 0) is 64.8 Å². The lowest BCUT2D eigenvalue weighted by molar-refractivity contribution is 0.0456. The van der Waals surface area contributed by atoms with Gasteiger partial charge in [-0.2, -0.15) is 0 Å². The van der Waals surface area contributed by atoms with E-state index < -0.39 is 35.1 Å². The van der Waals surface area contributed by atoms with Crippen molar-refractivity contribution in [2.24, 2.45) is 7.05 Å². The van der Waals surface area contributed by atoms with Crippen molar-refractivity contribution in [2.45, 2.75) is 58.5 Å². The van der Waals surface area contributed by atoms with Crippen LogP contribution in [0.15, 0.2) is 39.9 Å². The van der Waals surface area contributed by atoms with Crippen molar-refractivity contribution < 1.29 is 13.9 Å². The van der Waals surface area contributed by atoms with Crippen molar-refractivity contribution in [3.63, 3.8) is 0 Å². The van der Waals surface area contributed by atoms with Crippen LogP contribution in [-0.2, 0) is 11.8 Å². The number of carbonyl (C=O) groups excluding carboxylic acids is 1. The zero-order valence-corrected chi connectivity index (χ0v) is 24.8. The van der Waals surface area contributed by atoms with Crippen molar-refractivity contribution >= 4 is 28.5 Å². The summed E-state index contributed by atoms with van der Waals surface area (Å²) in [6.07, 6.45) is 0.693. The minimum atomic E-state index is -0.611. The van der Waals surface area contributed by atoms with E-state index in [0.717, 1.165) is 17.4 Å². The number of amides is 1. The topological polar surface area (TPSA) is 105 Å². The zero-order valence-electron chi connectivity index (χ0n) is 24.8. The third kappa shape index (κ3) is 5.44. The molecule has 0 radical (unpaired) electrons. The van der Waals surface area contributed by atoms with Crippen LogP contribution in [0.4, 0.5) is 20.7 Å². The molecule has 1 aromatic carbocycles. The Labute approximate surface area is 243 Å². The molecule has 0 spiro atoms. The Morgan fingerprint density at radius 2 is 1.93 bits per heavy atom. The van der Waals surface area contributed by atoms with Gasteiger partial charge in [-0.3, -0.25) is 14.3 Å². The summed E-state index contributed by atoms with van der Waals surface area (Å²) < 4.78 is 21.9. The third-order valence-corrected chi connectivity index (χ3v) is 7.45. The first kappa shape index (κ1) is 29.1. The van der Waals surface area contributed by atoms with E-state index in [9.17, 15) is 18.8 Å². The Morgan fingerprint density at radius 3 is 2.64 bits per heavy atom. The van der Waals surface area contributed by atoms with Crippen molar-refractivity contribution in [3.05, 3.63) is 57.0 Å². The number of nitrogens with one attached hydrogen (secondary N) is 1. The van der Waals surface area contributed by atoms with Gasteiger partial charge in [-0.25, -0.2) is 23.5 Å². The normalized spacial score (nSPS) is 18.9. The molecule has 2 aromatic heterocycles. The number of halogens is 1. The molecule has 0 aliphatic carbocycles. The quantitative estimate of drug-likeness (QED) is 0.472. The van der Waals surface area contributed by atoms with Gasteiger partial charge in [0.15, 0.2) is 6.29 Å². The third-order valence-electron chi connectivity index (χ3n) is 7.45. The zero-order chi connectivity index (χ0) is 30.3. The summed E-state index contributed by atoms with van der Waals surface area (Å²) in [4.78, 5) is 50.7. The number of benzene rings is 1. The molecule has 0 bridgehead atoms. The summed E-state index contributed by atoms with van der Waals surface area (Å²) in [7, 11) is 3.46. The summed E-state index contributed by atoms with van der Waals surface area (Å²) >= 11 is 0. The van der Waals surface area contributed by atoms with Crippen LogP contribution in [0.3, 0.4) is 0 Å². The minimum absolute atomic E-state index is 0.105. The van der Waals surface area contributed by atoms with Gasteiger partial charge in [-0.1, -0.05) is 5.92 Å². The molecule has 1 fully saturated rings. The predicted octanol–water partition coefficient (Wildman–Crippen LogP) is 2.78. The number of pyridine rings is 1. The van der Waals surface area contributed by atoms with Gasteiger partial charge in [0.1, 0.15) is 28.7 Å². The number of nitrogens with zero attached hydrogens (tertiary/aromatic N) is 6.